The van der Waals surface area contributed by atoms with Gasteiger partial charge in [-0.1, -0.05) is 13.8 Å². The highest BCUT2D eigenvalue weighted by molar-refractivity contribution is 5.80. The van der Waals surface area contributed by atoms with Crippen molar-refractivity contribution in [3.8, 4) is 0 Å². The Labute approximate surface area is 116 Å². The van der Waals surface area contributed by atoms with Crippen LogP contribution in [-0.2, 0) is 4.79 Å². The van der Waals surface area contributed by atoms with E-state index in [-0.39, 0.29) is 0 Å². The van der Waals surface area contributed by atoms with Gasteiger partial charge in [-0.2, -0.15) is 0 Å². The van der Waals surface area contributed by atoms with Gasteiger partial charge in [0.05, 0.1) is 0 Å². The molecule has 1 aliphatic heterocycles. The van der Waals surface area contributed by atoms with Crippen LogP contribution in [0.2, 0.25) is 0 Å². The summed E-state index contributed by atoms with van der Waals surface area (Å²) in [7, 11) is 1.80. The first-order valence-electron chi connectivity index (χ1n) is 7.64. The van der Waals surface area contributed by atoms with E-state index in [9.17, 15) is 9.90 Å². The Kier molecular flexibility index (Phi) is 4.51. The molecular weight excluding hydrogens is 240 g/mol. The van der Waals surface area contributed by atoms with Gasteiger partial charge >= 0.3 is 5.97 Å². The number of aliphatic carboxylic acids is 1. The number of carbonyl (C=O) groups is 1. The Hall–Kier alpha value is -0.610. The summed E-state index contributed by atoms with van der Waals surface area (Å²) in [6, 6.07) is 0. The van der Waals surface area contributed by atoms with E-state index in [1.54, 1.807) is 7.05 Å². The number of carboxylic acids is 1. The number of hydrogen-bond donors (Lipinski definition) is 2. The van der Waals surface area contributed by atoms with Crippen LogP contribution in [0, 0.1) is 17.8 Å². The molecule has 0 aromatic heterocycles. The molecule has 110 valence electrons. The maximum absolute atomic E-state index is 11.7. The lowest BCUT2D eigenvalue weighted by Gasteiger charge is -2.39. The van der Waals surface area contributed by atoms with Crippen molar-refractivity contribution in [2.24, 2.45) is 17.8 Å². The molecule has 19 heavy (non-hydrogen) atoms. The van der Waals surface area contributed by atoms with Gasteiger partial charge in [0.15, 0.2) is 0 Å². The Balaban J connectivity index is 1.94. The third-order valence-corrected chi connectivity index (χ3v) is 5.15. The molecule has 0 aromatic rings. The fraction of sp³-hybridized carbons (Fsp3) is 0.933. The second kappa shape index (κ2) is 5.80. The molecule has 0 aromatic carbocycles. The van der Waals surface area contributed by atoms with Crippen LogP contribution < -0.4 is 5.32 Å². The maximum atomic E-state index is 11.7. The Morgan fingerprint density at radius 2 is 1.89 bits per heavy atom. The Bertz CT molecular complexity index is 320. The van der Waals surface area contributed by atoms with E-state index < -0.39 is 11.5 Å². The average molecular weight is 268 g/mol. The number of piperidine rings is 1. The number of nitrogens with zero attached hydrogens (tertiary/aromatic N) is 1. The topological polar surface area (TPSA) is 52.6 Å². The molecule has 1 atom stereocenters. The Morgan fingerprint density at radius 3 is 2.26 bits per heavy atom. The van der Waals surface area contributed by atoms with Crippen molar-refractivity contribution in [3.63, 3.8) is 0 Å². The smallest absolute Gasteiger partial charge is 0.325 e. The van der Waals surface area contributed by atoms with Crippen molar-refractivity contribution >= 4 is 5.97 Å². The lowest BCUT2D eigenvalue weighted by Crippen LogP contribution is -2.60. The van der Waals surface area contributed by atoms with Crippen LogP contribution in [0.3, 0.4) is 0 Å². The number of likely N-dealkylation sites (N-methyl/N-ethyl adjacent to an activating group) is 1. The highest BCUT2D eigenvalue weighted by Crippen LogP contribution is 2.40. The maximum Gasteiger partial charge on any atom is 0.325 e. The standard InChI is InChI=1S/C15H28N2O2/c1-11(2)12-6-8-17(9-7-12)10-15(16-3,14(18)19)13-4-5-13/h11-13,16H,4-10H2,1-3H3,(H,18,19). The monoisotopic (exact) mass is 268 g/mol. The fourth-order valence-corrected chi connectivity index (χ4v) is 3.47. The number of rotatable bonds is 6. The molecule has 1 unspecified atom stereocenters. The molecular formula is C15H28N2O2. The van der Waals surface area contributed by atoms with Crippen LogP contribution >= 0.6 is 0 Å². The van der Waals surface area contributed by atoms with Crippen LogP contribution in [0.25, 0.3) is 0 Å². The molecule has 0 radical (unpaired) electrons. The molecule has 2 N–H and O–H groups in total. The van der Waals surface area contributed by atoms with E-state index >= 15 is 0 Å². The molecule has 1 heterocycles. The van der Waals surface area contributed by atoms with Gasteiger partial charge in [0.2, 0.25) is 0 Å². The molecule has 4 heteroatoms. The van der Waals surface area contributed by atoms with Gasteiger partial charge < -0.3 is 15.3 Å². The van der Waals surface area contributed by atoms with E-state index in [0.29, 0.717) is 12.5 Å². The quantitative estimate of drug-likeness (QED) is 0.771. The van der Waals surface area contributed by atoms with Crippen molar-refractivity contribution in [1.29, 1.82) is 0 Å². The summed E-state index contributed by atoms with van der Waals surface area (Å²) >= 11 is 0. The molecule has 2 fully saturated rings. The first kappa shape index (κ1) is 14.8. The molecule has 0 spiro atoms. The largest absolute Gasteiger partial charge is 0.480 e. The molecule has 4 nitrogen and oxygen atoms in total. The number of nitrogens with one attached hydrogen (secondary N) is 1. The summed E-state index contributed by atoms with van der Waals surface area (Å²) in [5, 5.41) is 12.7. The summed E-state index contributed by atoms with van der Waals surface area (Å²) in [5.74, 6) is 1.20. The zero-order valence-corrected chi connectivity index (χ0v) is 12.5. The molecule has 1 saturated carbocycles. The lowest BCUT2D eigenvalue weighted by molar-refractivity contribution is -0.147. The van der Waals surface area contributed by atoms with Crippen molar-refractivity contribution < 1.29 is 9.90 Å². The normalized spacial score (nSPS) is 25.5. The lowest BCUT2D eigenvalue weighted by atomic mass is 9.85. The summed E-state index contributed by atoms with van der Waals surface area (Å²) in [6.07, 6.45) is 4.52. The number of carboxylic acid groups (broad SMARTS) is 1. The van der Waals surface area contributed by atoms with Gasteiger partial charge in [0.1, 0.15) is 5.54 Å². The highest BCUT2D eigenvalue weighted by atomic mass is 16.4. The highest BCUT2D eigenvalue weighted by Gasteiger charge is 2.51. The van der Waals surface area contributed by atoms with Crippen molar-refractivity contribution in [2.45, 2.75) is 45.1 Å². The van der Waals surface area contributed by atoms with Crippen molar-refractivity contribution in [3.05, 3.63) is 0 Å². The van der Waals surface area contributed by atoms with Gasteiger partial charge in [-0.15, -0.1) is 0 Å². The molecule has 2 rings (SSSR count). The van der Waals surface area contributed by atoms with Crippen molar-refractivity contribution in [2.75, 3.05) is 26.7 Å². The van der Waals surface area contributed by atoms with Crippen LogP contribution in [0.15, 0.2) is 0 Å². The molecule has 0 bridgehead atoms. The van der Waals surface area contributed by atoms with Gasteiger partial charge in [0, 0.05) is 6.54 Å². The fourth-order valence-electron chi connectivity index (χ4n) is 3.47. The molecule has 1 saturated heterocycles. The van der Waals surface area contributed by atoms with E-state index in [1.165, 1.54) is 12.8 Å². The first-order valence-corrected chi connectivity index (χ1v) is 7.64. The predicted octanol–water partition coefficient (Wildman–Crippen LogP) is 1.81. The predicted molar refractivity (Wildman–Crippen MR) is 76.2 cm³/mol. The first-order chi connectivity index (χ1) is 8.99. The zero-order chi connectivity index (χ0) is 14.0. The minimum atomic E-state index is -0.718. The van der Waals surface area contributed by atoms with Crippen LogP contribution in [0.4, 0.5) is 0 Å². The number of hydrogen-bond acceptors (Lipinski definition) is 3. The van der Waals surface area contributed by atoms with Gasteiger partial charge in [-0.3, -0.25) is 4.79 Å². The summed E-state index contributed by atoms with van der Waals surface area (Å²) < 4.78 is 0. The Morgan fingerprint density at radius 1 is 1.32 bits per heavy atom. The van der Waals surface area contributed by atoms with Gasteiger partial charge in [0.25, 0.3) is 0 Å². The number of likely N-dealkylation sites (tertiary alicyclic amines) is 1. The van der Waals surface area contributed by atoms with Gasteiger partial charge in [-0.25, -0.2) is 0 Å². The van der Waals surface area contributed by atoms with E-state index in [4.69, 9.17) is 0 Å². The SMILES string of the molecule is CNC(CN1CCC(C(C)C)CC1)(C(=O)O)C1CC1. The second-order valence-corrected chi connectivity index (χ2v) is 6.66. The third kappa shape index (κ3) is 3.11. The average Bonchev–Trinajstić information content (AvgIpc) is 3.20. The molecule has 0 amide bonds. The summed E-state index contributed by atoms with van der Waals surface area (Å²) in [5.41, 5.74) is -0.718. The summed E-state index contributed by atoms with van der Waals surface area (Å²) in [6.45, 7) is 7.34. The molecule has 2 aliphatic rings. The van der Waals surface area contributed by atoms with E-state index in [2.05, 4.69) is 24.1 Å². The van der Waals surface area contributed by atoms with E-state index in [0.717, 1.165) is 37.8 Å². The van der Waals surface area contributed by atoms with Crippen molar-refractivity contribution in [1.82, 2.24) is 10.2 Å². The van der Waals surface area contributed by atoms with E-state index in [1.807, 2.05) is 0 Å². The van der Waals surface area contributed by atoms with Gasteiger partial charge in [-0.05, 0) is 63.6 Å². The zero-order valence-electron chi connectivity index (χ0n) is 12.5. The minimum Gasteiger partial charge on any atom is -0.480 e. The van der Waals surface area contributed by atoms with Crippen LogP contribution in [-0.4, -0.2) is 48.2 Å². The molecule has 1 aliphatic carbocycles. The second-order valence-electron chi connectivity index (χ2n) is 6.66. The summed E-state index contributed by atoms with van der Waals surface area (Å²) in [4.78, 5) is 14.0. The third-order valence-electron chi connectivity index (χ3n) is 5.15. The van der Waals surface area contributed by atoms with Crippen LogP contribution in [0.5, 0.6) is 0 Å². The minimum absolute atomic E-state index is 0.317. The van der Waals surface area contributed by atoms with Crippen LogP contribution in [0.1, 0.15) is 39.5 Å².